The lowest BCUT2D eigenvalue weighted by Gasteiger charge is -2.08. The lowest BCUT2D eigenvalue weighted by molar-refractivity contribution is 0.262. The molecule has 0 unspecified atom stereocenters. The van der Waals surface area contributed by atoms with Crippen LogP contribution in [0, 0.1) is 0 Å². The number of carbonyl (C=O) groups excluding carboxylic acids is 1. The summed E-state index contributed by atoms with van der Waals surface area (Å²) < 4.78 is 5.64. The summed E-state index contributed by atoms with van der Waals surface area (Å²) in [6.07, 6.45) is 6.42. The fourth-order valence-electron chi connectivity index (χ4n) is 1.76. The van der Waals surface area contributed by atoms with Crippen molar-refractivity contribution in [1.29, 1.82) is 0 Å². The molecule has 2 aromatic heterocycles. The minimum absolute atomic E-state index is 0.343. The molecule has 3 N–H and O–H groups in total. The first-order chi connectivity index (χ1) is 10.8. The molecule has 0 fully saturated rings. The van der Waals surface area contributed by atoms with E-state index in [1.165, 1.54) is 6.20 Å². The highest BCUT2D eigenvalue weighted by atomic mass is 16.5. The summed E-state index contributed by atoms with van der Waals surface area (Å²) in [5.41, 5.74) is 1.25. The van der Waals surface area contributed by atoms with Crippen molar-refractivity contribution in [3.63, 3.8) is 0 Å². The number of urea groups is 1. The van der Waals surface area contributed by atoms with E-state index in [-0.39, 0.29) is 6.03 Å². The van der Waals surface area contributed by atoms with E-state index in [2.05, 4.69) is 25.8 Å². The van der Waals surface area contributed by atoms with Crippen LogP contribution in [0.4, 0.5) is 16.2 Å². The number of hydrogen-bond acceptors (Lipinski definition) is 4. The second-order valence-corrected chi connectivity index (χ2v) is 4.38. The lowest BCUT2D eigenvalue weighted by Crippen LogP contribution is -2.18. The van der Waals surface area contributed by atoms with Gasteiger partial charge in [0.25, 0.3) is 0 Å². The minimum atomic E-state index is -0.343. The second-order valence-electron chi connectivity index (χ2n) is 4.38. The number of nitrogens with one attached hydrogen (secondary N) is 3. The van der Waals surface area contributed by atoms with Crippen molar-refractivity contribution in [1.82, 2.24) is 15.2 Å². The summed E-state index contributed by atoms with van der Waals surface area (Å²) in [5.74, 6) is 1.38. The third-order valence-corrected chi connectivity index (χ3v) is 2.75. The molecule has 0 aliphatic carbocycles. The second kappa shape index (κ2) is 6.40. The Balaban J connectivity index is 1.58. The number of nitrogens with zero attached hydrogens (tertiary/aromatic N) is 2. The molecule has 2 amide bonds. The summed E-state index contributed by atoms with van der Waals surface area (Å²) in [6.45, 7) is 0. The maximum Gasteiger partial charge on any atom is 0.323 e. The molecule has 0 bridgehead atoms. The lowest BCUT2D eigenvalue weighted by atomic mass is 10.3. The molecule has 1 aromatic carbocycles. The monoisotopic (exact) mass is 295 g/mol. The normalized spacial score (nSPS) is 10.0. The topological polar surface area (TPSA) is 91.9 Å². The SMILES string of the molecule is O=C(Nc1ccc(Oc2ccncc2)cc1)Nc1cn[nH]c1. The van der Waals surface area contributed by atoms with E-state index < -0.39 is 0 Å². The summed E-state index contributed by atoms with van der Waals surface area (Å²) in [4.78, 5) is 15.7. The number of benzene rings is 1. The number of anilines is 2. The van der Waals surface area contributed by atoms with Gasteiger partial charge in [-0.15, -0.1) is 0 Å². The first kappa shape index (κ1) is 13.6. The highest BCUT2D eigenvalue weighted by Crippen LogP contribution is 2.22. The van der Waals surface area contributed by atoms with Crippen molar-refractivity contribution in [2.75, 3.05) is 10.6 Å². The predicted octanol–water partition coefficient (Wildman–Crippen LogP) is 3.24. The van der Waals surface area contributed by atoms with Gasteiger partial charge >= 0.3 is 6.03 Å². The van der Waals surface area contributed by atoms with Crippen molar-refractivity contribution in [3.05, 3.63) is 61.2 Å². The molecule has 3 aromatic rings. The molecule has 0 aliphatic rings. The van der Waals surface area contributed by atoms with Crippen LogP contribution in [-0.4, -0.2) is 21.2 Å². The average molecular weight is 295 g/mol. The number of carbonyl (C=O) groups is 1. The molecule has 22 heavy (non-hydrogen) atoms. The van der Waals surface area contributed by atoms with Gasteiger partial charge in [0, 0.05) is 24.3 Å². The first-order valence-corrected chi connectivity index (χ1v) is 6.54. The molecule has 110 valence electrons. The van der Waals surface area contributed by atoms with Crippen molar-refractivity contribution in [2.24, 2.45) is 0 Å². The van der Waals surface area contributed by atoms with Gasteiger partial charge < -0.3 is 15.4 Å². The molecule has 3 rings (SSSR count). The van der Waals surface area contributed by atoms with Crippen molar-refractivity contribution in [3.8, 4) is 11.5 Å². The summed E-state index contributed by atoms with van der Waals surface area (Å²) >= 11 is 0. The number of aromatic amines is 1. The van der Waals surface area contributed by atoms with Gasteiger partial charge in [-0.1, -0.05) is 0 Å². The number of ether oxygens (including phenoxy) is 1. The van der Waals surface area contributed by atoms with Crippen LogP contribution in [0.15, 0.2) is 61.2 Å². The molecule has 2 heterocycles. The highest BCUT2D eigenvalue weighted by Gasteiger charge is 2.04. The van der Waals surface area contributed by atoms with Crippen LogP contribution in [0.3, 0.4) is 0 Å². The molecular weight excluding hydrogens is 282 g/mol. The Morgan fingerprint density at radius 1 is 0.955 bits per heavy atom. The third-order valence-electron chi connectivity index (χ3n) is 2.75. The van der Waals surface area contributed by atoms with E-state index in [1.807, 2.05) is 0 Å². The number of rotatable bonds is 4. The van der Waals surface area contributed by atoms with E-state index in [4.69, 9.17) is 4.74 Å². The van der Waals surface area contributed by atoms with Crippen molar-refractivity contribution < 1.29 is 9.53 Å². The smallest absolute Gasteiger partial charge is 0.323 e. The number of hydrogen-bond donors (Lipinski definition) is 3. The van der Waals surface area contributed by atoms with Gasteiger partial charge in [0.05, 0.1) is 11.9 Å². The third kappa shape index (κ3) is 3.60. The van der Waals surface area contributed by atoms with E-state index in [0.717, 1.165) is 0 Å². The van der Waals surface area contributed by atoms with E-state index in [0.29, 0.717) is 22.9 Å². The number of amides is 2. The van der Waals surface area contributed by atoms with Crippen LogP contribution < -0.4 is 15.4 Å². The van der Waals surface area contributed by atoms with Crippen molar-refractivity contribution >= 4 is 17.4 Å². The van der Waals surface area contributed by atoms with Crippen LogP contribution in [-0.2, 0) is 0 Å². The predicted molar refractivity (Wildman–Crippen MR) is 82.0 cm³/mol. The molecule has 7 nitrogen and oxygen atoms in total. The zero-order valence-electron chi connectivity index (χ0n) is 11.5. The van der Waals surface area contributed by atoms with Crippen LogP contribution in [0.1, 0.15) is 0 Å². The fourth-order valence-corrected chi connectivity index (χ4v) is 1.76. The van der Waals surface area contributed by atoms with E-state index in [9.17, 15) is 4.79 Å². The van der Waals surface area contributed by atoms with Gasteiger partial charge in [-0.2, -0.15) is 5.10 Å². The minimum Gasteiger partial charge on any atom is -0.457 e. The molecular formula is C15H13N5O2. The van der Waals surface area contributed by atoms with E-state index >= 15 is 0 Å². The molecule has 0 saturated carbocycles. The van der Waals surface area contributed by atoms with Gasteiger partial charge in [-0.3, -0.25) is 10.1 Å². The average Bonchev–Trinajstić information content (AvgIpc) is 3.03. The Kier molecular flexibility index (Phi) is 3.96. The Labute approximate surface area is 126 Å². The molecule has 0 atom stereocenters. The largest absolute Gasteiger partial charge is 0.457 e. The molecule has 7 heteroatoms. The number of aromatic nitrogens is 3. The van der Waals surface area contributed by atoms with Crippen LogP contribution >= 0.6 is 0 Å². The first-order valence-electron chi connectivity index (χ1n) is 6.54. The van der Waals surface area contributed by atoms with E-state index in [1.54, 1.807) is 55.0 Å². The van der Waals surface area contributed by atoms with Gasteiger partial charge in [-0.25, -0.2) is 4.79 Å². The quantitative estimate of drug-likeness (QED) is 0.689. The molecule has 0 spiro atoms. The number of H-pyrrole nitrogens is 1. The fraction of sp³-hybridized carbons (Fsp3) is 0. The zero-order valence-corrected chi connectivity index (χ0v) is 11.5. The maximum atomic E-state index is 11.8. The summed E-state index contributed by atoms with van der Waals surface area (Å²) in [7, 11) is 0. The zero-order chi connectivity index (χ0) is 15.2. The Morgan fingerprint density at radius 2 is 1.64 bits per heavy atom. The van der Waals surface area contributed by atoms with Crippen LogP contribution in [0.5, 0.6) is 11.5 Å². The summed E-state index contributed by atoms with van der Waals surface area (Å²) in [5, 5.41) is 11.7. The van der Waals surface area contributed by atoms with Crippen LogP contribution in [0.2, 0.25) is 0 Å². The molecule has 0 aliphatic heterocycles. The highest BCUT2D eigenvalue weighted by molar-refractivity contribution is 5.99. The Bertz CT molecular complexity index is 726. The Morgan fingerprint density at radius 3 is 2.32 bits per heavy atom. The molecule has 0 saturated heterocycles. The van der Waals surface area contributed by atoms with Gasteiger partial charge in [0.2, 0.25) is 0 Å². The standard InChI is InChI=1S/C15H13N5O2/c21-15(20-12-9-17-18-10-12)19-11-1-3-13(4-2-11)22-14-5-7-16-8-6-14/h1-10H,(H,17,18)(H2,19,20,21). The summed E-state index contributed by atoms with van der Waals surface area (Å²) in [6, 6.07) is 10.2. The Hall–Kier alpha value is -3.35. The van der Waals surface area contributed by atoms with Gasteiger partial charge in [0.1, 0.15) is 11.5 Å². The van der Waals surface area contributed by atoms with Gasteiger partial charge in [0.15, 0.2) is 0 Å². The number of pyridine rings is 1. The van der Waals surface area contributed by atoms with Crippen LogP contribution in [0.25, 0.3) is 0 Å². The van der Waals surface area contributed by atoms with Gasteiger partial charge in [-0.05, 0) is 36.4 Å². The molecule has 0 radical (unpaired) electrons. The maximum absolute atomic E-state index is 11.8. The van der Waals surface area contributed by atoms with Crippen molar-refractivity contribution in [2.45, 2.75) is 0 Å².